The SMILES string of the molecule is O=C(Cc1cccc2ccccc12)N1CCC(CNCCCCCCC2CCCCC2)CC1. The first-order valence-corrected chi connectivity index (χ1v) is 13.7. The zero-order chi connectivity index (χ0) is 22.7. The third kappa shape index (κ3) is 7.57. The summed E-state index contributed by atoms with van der Waals surface area (Å²) >= 11 is 0. The minimum Gasteiger partial charge on any atom is -0.342 e. The lowest BCUT2D eigenvalue weighted by Crippen LogP contribution is -2.41. The fourth-order valence-electron chi connectivity index (χ4n) is 5.93. The number of rotatable bonds is 11. The van der Waals surface area contributed by atoms with Crippen molar-refractivity contribution in [2.24, 2.45) is 11.8 Å². The van der Waals surface area contributed by atoms with Gasteiger partial charge in [0.1, 0.15) is 0 Å². The molecule has 3 heteroatoms. The van der Waals surface area contributed by atoms with Crippen LogP contribution >= 0.6 is 0 Å². The van der Waals surface area contributed by atoms with Gasteiger partial charge in [-0.2, -0.15) is 0 Å². The van der Waals surface area contributed by atoms with Gasteiger partial charge in [-0.3, -0.25) is 4.79 Å². The maximum atomic E-state index is 12.9. The van der Waals surface area contributed by atoms with Crippen molar-refractivity contribution in [2.75, 3.05) is 26.2 Å². The van der Waals surface area contributed by atoms with Crippen molar-refractivity contribution in [1.82, 2.24) is 10.2 Å². The molecule has 0 aromatic heterocycles. The largest absolute Gasteiger partial charge is 0.342 e. The molecule has 0 atom stereocenters. The Morgan fingerprint density at radius 3 is 2.42 bits per heavy atom. The van der Waals surface area contributed by atoms with Crippen LogP contribution in [-0.4, -0.2) is 37.0 Å². The smallest absolute Gasteiger partial charge is 0.227 e. The van der Waals surface area contributed by atoms with E-state index in [4.69, 9.17) is 0 Å². The van der Waals surface area contributed by atoms with Gasteiger partial charge in [-0.25, -0.2) is 0 Å². The second-order valence-corrected chi connectivity index (χ2v) is 10.6. The Morgan fingerprint density at radius 1 is 0.818 bits per heavy atom. The number of hydrogen-bond donors (Lipinski definition) is 1. The van der Waals surface area contributed by atoms with Crippen LogP contribution in [0.1, 0.15) is 82.6 Å². The van der Waals surface area contributed by atoms with Crippen molar-refractivity contribution in [3.8, 4) is 0 Å². The predicted molar refractivity (Wildman–Crippen MR) is 139 cm³/mol. The fourth-order valence-corrected chi connectivity index (χ4v) is 5.93. The molecule has 1 amide bonds. The number of piperidine rings is 1. The highest BCUT2D eigenvalue weighted by Crippen LogP contribution is 2.28. The summed E-state index contributed by atoms with van der Waals surface area (Å²) in [5, 5.41) is 6.12. The van der Waals surface area contributed by atoms with Crippen LogP contribution in [0.3, 0.4) is 0 Å². The van der Waals surface area contributed by atoms with E-state index in [1.807, 2.05) is 0 Å². The summed E-state index contributed by atoms with van der Waals surface area (Å²) in [5.41, 5.74) is 1.15. The summed E-state index contributed by atoms with van der Waals surface area (Å²) in [6.45, 7) is 4.10. The summed E-state index contributed by atoms with van der Waals surface area (Å²) in [6.07, 6.45) is 17.2. The molecule has 0 radical (unpaired) electrons. The summed E-state index contributed by atoms with van der Waals surface area (Å²) < 4.78 is 0. The average Bonchev–Trinajstić information content (AvgIpc) is 2.87. The van der Waals surface area contributed by atoms with Crippen molar-refractivity contribution >= 4 is 16.7 Å². The number of carbonyl (C=O) groups is 1. The average molecular weight is 449 g/mol. The van der Waals surface area contributed by atoms with Crippen LogP contribution < -0.4 is 5.32 Å². The Bertz CT molecular complexity index is 844. The lowest BCUT2D eigenvalue weighted by Gasteiger charge is -2.32. The third-order valence-electron chi connectivity index (χ3n) is 8.06. The molecule has 1 heterocycles. The van der Waals surface area contributed by atoms with E-state index in [0.29, 0.717) is 6.42 Å². The van der Waals surface area contributed by atoms with Crippen LogP contribution in [0.2, 0.25) is 0 Å². The molecule has 0 bridgehead atoms. The molecule has 1 N–H and O–H groups in total. The van der Waals surface area contributed by atoms with Crippen LogP contribution in [0, 0.1) is 11.8 Å². The van der Waals surface area contributed by atoms with E-state index in [9.17, 15) is 4.79 Å². The van der Waals surface area contributed by atoms with Crippen LogP contribution in [0.15, 0.2) is 42.5 Å². The first-order chi connectivity index (χ1) is 16.3. The van der Waals surface area contributed by atoms with Crippen LogP contribution in [-0.2, 0) is 11.2 Å². The summed E-state index contributed by atoms with van der Waals surface area (Å²) in [6, 6.07) is 14.7. The summed E-state index contributed by atoms with van der Waals surface area (Å²) in [4.78, 5) is 15.0. The number of amides is 1. The first kappa shape index (κ1) is 24.3. The number of unbranched alkanes of at least 4 members (excludes halogenated alkanes) is 3. The van der Waals surface area contributed by atoms with Crippen molar-refractivity contribution < 1.29 is 4.79 Å². The molecule has 1 saturated carbocycles. The van der Waals surface area contributed by atoms with Crippen LogP contribution in [0.4, 0.5) is 0 Å². The number of hydrogen-bond acceptors (Lipinski definition) is 2. The monoisotopic (exact) mass is 448 g/mol. The molecule has 2 aliphatic rings. The maximum Gasteiger partial charge on any atom is 0.227 e. The van der Waals surface area contributed by atoms with E-state index in [-0.39, 0.29) is 5.91 Å². The van der Waals surface area contributed by atoms with Crippen molar-refractivity contribution in [3.05, 3.63) is 48.0 Å². The Labute approximate surface area is 201 Å². The first-order valence-electron chi connectivity index (χ1n) is 13.7. The van der Waals surface area contributed by atoms with Gasteiger partial charge in [-0.05, 0) is 60.5 Å². The molecule has 2 fully saturated rings. The van der Waals surface area contributed by atoms with E-state index >= 15 is 0 Å². The molecule has 2 aromatic carbocycles. The molecule has 4 rings (SSSR count). The second kappa shape index (κ2) is 13.1. The van der Waals surface area contributed by atoms with Gasteiger partial charge in [-0.1, -0.05) is 100 Å². The van der Waals surface area contributed by atoms with E-state index in [2.05, 4.69) is 52.7 Å². The highest BCUT2D eigenvalue weighted by molar-refractivity contribution is 5.90. The highest BCUT2D eigenvalue weighted by atomic mass is 16.2. The molecular weight excluding hydrogens is 404 g/mol. The molecular formula is C30H44N2O. The molecule has 1 aliphatic heterocycles. The second-order valence-electron chi connectivity index (χ2n) is 10.6. The van der Waals surface area contributed by atoms with Crippen molar-refractivity contribution in [2.45, 2.75) is 83.5 Å². The minimum absolute atomic E-state index is 0.283. The molecule has 0 spiro atoms. The van der Waals surface area contributed by atoms with Gasteiger partial charge in [0, 0.05) is 13.1 Å². The van der Waals surface area contributed by atoms with Crippen LogP contribution in [0.5, 0.6) is 0 Å². The Hall–Kier alpha value is -1.87. The third-order valence-corrected chi connectivity index (χ3v) is 8.06. The zero-order valence-electron chi connectivity index (χ0n) is 20.6. The quantitative estimate of drug-likeness (QED) is 0.386. The standard InChI is InChI=1S/C30H44N2O/c33-30(23-28-16-10-15-27-14-7-8-17-29(27)28)32-21-18-26(19-22-32)24-31-20-9-2-1-4-11-25-12-5-3-6-13-25/h7-8,10,14-17,25-26,31H,1-6,9,11-13,18-24H2. The molecule has 180 valence electrons. The lowest BCUT2D eigenvalue weighted by atomic mass is 9.85. The Kier molecular flexibility index (Phi) is 9.65. The van der Waals surface area contributed by atoms with Gasteiger partial charge >= 0.3 is 0 Å². The van der Waals surface area contributed by atoms with Gasteiger partial charge in [0.05, 0.1) is 6.42 Å². The van der Waals surface area contributed by atoms with Gasteiger partial charge < -0.3 is 10.2 Å². The molecule has 33 heavy (non-hydrogen) atoms. The summed E-state index contributed by atoms with van der Waals surface area (Å²) in [5.74, 6) is 2.05. The maximum absolute atomic E-state index is 12.9. The van der Waals surface area contributed by atoms with E-state index < -0.39 is 0 Å². The Morgan fingerprint density at radius 2 is 1.58 bits per heavy atom. The topological polar surface area (TPSA) is 32.3 Å². The minimum atomic E-state index is 0.283. The van der Waals surface area contributed by atoms with Crippen molar-refractivity contribution in [1.29, 1.82) is 0 Å². The number of carbonyl (C=O) groups excluding carboxylic acids is 1. The molecule has 1 aliphatic carbocycles. The number of nitrogens with one attached hydrogen (secondary N) is 1. The molecule has 2 aromatic rings. The number of nitrogens with zero attached hydrogens (tertiary/aromatic N) is 1. The van der Waals surface area contributed by atoms with E-state index in [1.54, 1.807) is 0 Å². The number of likely N-dealkylation sites (tertiary alicyclic amines) is 1. The van der Waals surface area contributed by atoms with E-state index in [0.717, 1.165) is 56.4 Å². The van der Waals surface area contributed by atoms with Crippen molar-refractivity contribution in [3.63, 3.8) is 0 Å². The van der Waals surface area contributed by atoms with E-state index in [1.165, 1.54) is 75.0 Å². The zero-order valence-corrected chi connectivity index (χ0v) is 20.6. The molecule has 1 saturated heterocycles. The number of fused-ring (bicyclic) bond motifs is 1. The van der Waals surface area contributed by atoms with Gasteiger partial charge in [-0.15, -0.1) is 0 Å². The molecule has 3 nitrogen and oxygen atoms in total. The van der Waals surface area contributed by atoms with Gasteiger partial charge in [0.2, 0.25) is 5.91 Å². The van der Waals surface area contributed by atoms with Gasteiger partial charge in [0.25, 0.3) is 0 Å². The van der Waals surface area contributed by atoms with Crippen LogP contribution in [0.25, 0.3) is 10.8 Å². The lowest BCUT2D eigenvalue weighted by molar-refractivity contribution is -0.131. The Balaban J connectivity index is 1.06. The fraction of sp³-hybridized carbons (Fsp3) is 0.633. The van der Waals surface area contributed by atoms with Gasteiger partial charge in [0.15, 0.2) is 0 Å². The number of benzene rings is 2. The highest BCUT2D eigenvalue weighted by Gasteiger charge is 2.23. The summed E-state index contributed by atoms with van der Waals surface area (Å²) in [7, 11) is 0. The molecule has 0 unspecified atom stereocenters. The normalized spacial score (nSPS) is 18.1. The predicted octanol–water partition coefficient (Wildman–Crippen LogP) is 6.74.